The average Bonchev–Trinajstić information content (AvgIpc) is 3.05. The van der Waals surface area contributed by atoms with Crippen molar-refractivity contribution in [2.75, 3.05) is 19.7 Å². The summed E-state index contributed by atoms with van der Waals surface area (Å²) in [5.41, 5.74) is 2.08. The number of para-hydroxylation sites is 1. The molecule has 5 nitrogen and oxygen atoms in total. The Labute approximate surface area is 186 Å². The van der Waals surface area contributed by atoms with Gasteiger partial charge in [0.2, 0.25) is 0 Å². The normalized spacial score (nSPS) is 17.3. The van der Waals surface area contributed by atoms with Gasteiger partial charge in [-0.1, -0.05) is 38.1 Å². The molecular weight excluding hydrogens is 398 g/mol. The minimum absolute atomic E-state index is 0. The Bertz CT molecular complexity index is 764. The maximum Gasteiger partial charge on any atom is 0.261 e. The first kappa shape index (κ1) is 24.2. The number of carbonyl (C=O) groups excluding carboxylic acids is 1. The van der Waals surface area contributed by atoms with Crippen LogP contribution in [0.4, 0.5) is 0 Å². The molecule has 2 aromatic rings. The molecule has 1 aromatic carbocycles. The molecule has 164 valence electrons. The molecule has 1 N–H and O–H groups in total. The number of aromatic nitrogens is 1. The van der Waals surface area contributed by atoms with E-state index >= 15 is 0 Å². The zero-order valence-corrected chi connectivity index (χ0v) is 18.9. The summed E-state index contributed by atoms with van der Waals surface area (Å²) >= 11 is 0. The van der Waals surface area contributed by atoms with Gasteiger partial charge in [0.25, 0.3) is 5.91 Å². The summed E-state index contributed by atoms with van der Waals surface area (Å²) in [5, 5.41) is 3.43. The van der Waals surface area contributed by atoms with Crippen molar-refractivity contribution >= 4 is 18.3 Å². The van der Waals surface area contributed by atoms with E-state index in [0.717, 1.165) is 55.8 Å². The number of nitrogens with zero attached hydrogens (tertiary/aromatic N) is 2. The molecule has 2 heterocycles. The van der Waals surface area contributed by atoms with E-state index in [-0.39, 0.29) is 31.0 Å². The van der Waals surface area contributed by atoms with Crippen LogP contribution in [0.25, 0.3) is 0 Å². The highest BCUT2D eigenvalue weighted by molar-refractivity contribution is 5.85. The fourth-order valence-electron chi connectivity index (χ4n) is 3.86. The van der Waals surface area contributed by atoms with E-state index in [1.165, 1.54) is 0 Å². The topological polar surface area (TPSA) is 54.5 Å². The van der Waals surface area contributed by atoms with Crippen molar-refractivity contribution in [1.82, 2.24) is 15.2 Å². The maximum atomic E-state index is 13.2. The number of hydrogen-bond acceptors (Lipinski definition) is 4. The molecule has 6 heteroatoms. The Morgan fingerprint density at radius 3 is 2.77 bits per heavy atom. The molecule has 1 aliphatic heterocycles. The van der Waals surface area contributed by atoms with Crippen molar-refractivity contribution in [3.63, 3.8) is 0 Å². The van der Waals surface area contributed by atoms with Gasteiger partial charge in [-0.2, -0.15) is 0 Å². The van der Waals surface area contributed by atoms with Crippen molar-refractivity contribution in [2.45, 2.75) is 58.0 Å². The minimum Gasteiger partial charge on any atom is -0.483 e. The number of benzene rings is 1. The zero-order chi connectivity index (χ0) is 20.5. The lowest BCUT2D eigenvalue weighted by Crippen LogP contribution is -2.43. The summed E-state index contributed by atoms with van der Waals surface area (Å²) in [6.07, 6.45) is 5.87. The number of halogens is 1. The maximum absolute atomic E-state index is 13.2. The second kappa shape index (κ2) is 12.6. The van der Waals surface area contributed by atoms with Gasteiger partial charge in [0.15, 0.2) is 6.61 Å². The van der Waals surface area contributed by atoms with Crippen LogP contribution in [-0.2, 0) is 11.3 Å². The van der Waals surface area contributed by atoms with Gasteiger partial charge in [-0.3, -0.25) is 9.78 Å². The quantitative estimate of drug-likeness (QED) is 0.665. The summed E-state index contributed by atoms with van der Waals surface area (Å²) in [7, 11) is 0. The average molecular weight is 432 g/mol. The van der Waals surface area contributed by atoms with Crippen LogP contribution in [0, 0.1) is 0 Å². The highest BCUT2D eigenvalue weighted by Gasteiger charge is 2.26. The van der Waals surface area contributed by atoms with Crippen molar-refractivity contribution in [2.24, 2.45) is 0 Å². The van der Waals surface area contributed by atoms with Gasteiger partial charge in [-0.15, -0.1) is 12.4 Å². The van der Waals surface area contributed by atoms with E-state index in [1.807, 2.05) is 41.3 Å². The van der Waals surface area contributed by atoms with E-state index in [4.69, 9.17) is 4.74 Å². The van der Waals surface area contributed by atoms with Crippen LogP contribution in [0.3, 0.4) is 0 Å². The highest BCUT2D eigenvalue weighted by atomic mass is 35.5. The molecule has 3 rings (SSSR count). The number of rotatable bonds is 8. The third-order valence-corrected chi connectivity index (χ3v) is 5.78. The molecule has 0 saturated carbocycles. The SMILES string of the molecule is CCC(C)c1ccccc1OCC(=O)N(Cc1ccccn1)C1CCCNCC1.Cl. The summed E-state index contributed by atoms with van der Waals surface area (Å²) in [4.78, 5) is 19.6. The Balaban J connectivity index is 0.00000320. The standard InChI is InChI=1S/C24H33N3O2.ClH/c1-3-19(2)22-11-4-5-12-23(22)29-18-24(28)27(17-20-9-6-7-15-26-20)21-10-8-14-25-16-13-21;/h4-7,9,11-12,15,19,21,25H,3,8,10,13-14,16-18H2,1-2H3;1H. The zero-order valence-electron chi connectivity index (χ0n) is 18.0. The summed E-state index contributed by atoms with van der Waals surface area (Å²) in [6, 6.07) is 14.1. The Morgan fingerprint density at radius 1 is 1.20 bits per heavy atom. The monoisotopic (exact) mass is 431 g/mol. The van der Waals surface area contributed by atoms with Crippen LogP contribution in [0.15, 0.2) is 48.7 Å². The van der Waals surface area contributed by atoms with Crippen LogP contribution in [0.1, 0.15) is 56.7 Å². The van der Waals surface area contributed by atoms with Crippen molar-refractivity contribution < 1.29 is 9.53 Å². The molecule has 1 amide bonds. The lowest BCUT2D eigenvalue weighted by atomic mass is 9.98. The van der Waals surface area contributed by atoms with Gasteiger partial charge in [-0.25, -0.2) is 0 Å². The molecule has 0 bridgehead atoms. The number of hydrogen-bond donors (Lipinski definition) is 1. The second-order valence-electron chi connectivity index (χ2n) is 7.81. The van der Waals surface area contributed by atoms with Gasteiger partial charge < -0.3 is 15.0 Å². The molecule has 1 saturated heterocycles. The van der Waals surface area contributed by atoms with E-state index < -0.39 is 0 Å². The fraction of sp³-hybridized carbons (Fsp3) is 0.500. The highest BCUT2D eigenvalue weighted by Crippen LogP contribution is 2.28. The fourth-order valence-corrected chi connectivity index (χ4v) is 3.86. The molecule has 1 aliphatic rings. The van der Waals surface area contributed by atoms with E-state index in [1.54, 1.807) is 6.20 Å². The van der Waals surface area contributed by atoms with Gasteiger partial charge in [0.1, 0.15) is 5.75 Å². The molecule has 1 fully saturated rings. The second-order valence-corrected chi connectivity index (χ2v) is 7.81. The first-order valence-electron chi connectivity index (χ1n) is 10.8. The smallest absolute Gasteiger partial charge is 0.261 e. The number of amides is 1. The Morgan fingerprint density at radius 2 is 2.00 bits per heavy atom. The molecule has 0 spiro atoms. The number of nitrogens with one attached hydrogen (secondary N) is 1. The number of carbonyl (C=O) groups is 1. The molecule has 2 unspecified atom stereocenters. The van der Waals surface area contributed by atoms with E-state index in [2.05, 4.69) is 30.2 Å². The van der Waals surface area contributed by atoms with Gasteiger partial charge in [0.05, 0.1) is 12.2 Å². The lowest BCUT2D eigenvalue weighted by molar-refractivity contribution is -0.136. The van der Waals surface area contributed by atoms with Crippen molar-refractivity contribution in [1.29, 1.82) is 0 Å². The van der Waals surface area contributed by atoms with Gasteiger partial charge in [0, 0.05) is 12.2 Å². The van der Waals surface area contributed by atoms with Crippen LogP contribution in [0.5, 0.6) is 5.75 Å². The van der Waals surface area contributed by atoms with Crippen LogP contribution in [0.2, 0.25) is 0 Å². The Kier molecular flexibility index (Phi) is 10.1. The van der Waals surface area contributed by atoms with Gasteiger partial charge in [-0.05, 0) is 68.5 Å². The number of ether oxygens (including phenoxy) is 1. The minimum atomic E-state index is 0. The Hall–Kier alpha value is -2.11. The first-order chi connectivity index (χ1) is 14.2. The van der Waals surface area contributed by atoms with E-state index in [0.29, 0.717) is 12.5 Å². The van der Waals surface area contributed by atoms with E-state index in [9.17, 15) is 4.79 Å². The molecule has 0 aliphatic carbocycles. The molecule has 30 heavy (non-hydrogen) atoms. The summed E-state index contributed by atoms with van der Waals surface area (Å²) in [5.74, 6) is 1.25. The largest absolute Gasteiger partial charge is 0.483 e. The van der Waals surface area contributed by atoms with Gasteiger partial charge >= 0.3 is 0 Å². The van der Waals surface area contributed by atoms with Crippen LogP contribution >= 0.6 is 12.4 Å². The van der Waals surface area contributed by atoms with Crippen molar-refractivity contribution in [3.05, 3.63) is 59.9 Å². The lowest BCUT2D eigenvalue weighted by Gasteiger charge is -2.31. The molecule has 1 aromatic heterocycles. The van der Waals surface area contributed by atoms with Crippen LogP contribution < -0.4 is 10.1 Å². The van der Waals surface area contributed by atoms with Crippen LogP contribution in [-0.4, -0.2) is 41.5 Å². The summed E-state index contributed by atoms with van der Waals surface area (Å²) < 4.78 is 6.04. The first-order valence-corrected chi connectivity index (χ1v) is 10.8. The molecule has 0 radical (unpaired) electrons. The predicted octanol–water partition coefficient (Wildman–Crippen LogP) is 4.57. The third-order valence-electron chi connectivity index (χ3n) is 5.78. The molecular formula is C24H34ClN3O2. The predicted molar refractivity (Wildman–Crippen MR) is 123 cm³/mol. The van der Waals surface area contributed by atoms with Crippen molar-refractivity contribution in [3.8, 4) is 5.75 Å². The molecule has 2 atom stereocenters. The summed E-state index contributed by atoms with van der Waals surface area (Å²) in [6.45, 7) is 6.90. The third kappa shape index (κ3) is 6.71. The number of pyridine rings is 1.